The van der Waals surface area contributed by atoms with Crippen LogP contribution in [0.15, 0.2) is 30.5 Å². The number of benzene rings is 1. The van der Waals surface area contributed by atoms with Crippen LogP contribution in [0.1, 0.15) is 42.3 Å². The summed E-state index contributed by atoms with van der Waals surface area (Å²) in [5.41, 5.74) is 4.49. The minimum absolute atomic E-state index is 0.402. The van der Waals surface area contributed by atoms with Gasteiger partial charge in [-0.3, -0.25) is 4.68 Å². The Labute approximate surface area is 121 Å². The van der Waals surface area contributed by atoms with Gasteiger partial charge in [0.2, 0.25) is 0 Å². The first-order valence-corrected chi connectivity index (χ1v) is 6.91. The zero-order valence-electron chi connectivity index (χ0n) is 12.4. The molecule has 3 nitrogen and oxygen atoms in total. The first kappa shape index (κ1) is 14.4. The minimum atomic E-state index is 0.402. The van der Waals surface area contributed by atoms with Crippen molar-refractivity contribution in [2.45, 2.75) is 39.9 Å². The van der Waals surface area contributed by atoms with Gasteiger partial charge < -0.3 is 5.32 Å². The Hall–Kier alpha value is -2.05. The molecule has 1 aromatic carbocycles. The second kappa shape index (κ2) is 6.40. The van der Waals surface area contributed by atoms with Crippen molar-refractivity contribution in [3.8, 4) is 12.3 Å². The van der Waals surface area contributed by atoms with E-state index in [0.717, 1.165) is 24.3 Å². The maximum atomic E-state index is 5.34. The standard InChI is InChI=1S/C17H21N3/c1-5-15-6-8-16(9-7-15)10-18-11-17-12-20(13(2)3)19-14(17)4/h1,6-9,12-13,18H,10-11H2,2-4H3. The van der Waals surface area contributed by atoms with Crippen LogP contribution in [0.2, 0.25) is 0 Å². The van der Waals surface area contributed by atoms with Gasteiger partial charge in [0.1, 0.15) is 0 Å². The second-order valence-corrected chi connectivity index (χ2v) is 5.26. The van der Waals surface area contributed by atoms with E-state index in [1.807, 2.05) is 16.8 Å². The third kappa shape index (κ3) is 3.49. The van der Waals surface area contributed by atoms with E-state index in [2.05, 4.69) is 55.4 Å². The highest BCUT2D eigenvalue weighted by molar-refractivity contribution is 5.34. The van der Waals surface area contributed by atoms with Crippen LogP contribution in [0.4, 0.5) is 0 Å². The molecule has 0 bridgehead atoms. The molecule has 1 heterocycles. The van der Waals surface area contributed by atoms with Crippen molar-refractivity contribution in [3.05, 3.63) is 52.8 Å². The fourth-order valence-corrected chi connectivity index (χ4v) is 2.02. The lowest BCUT2D eigenvalue weighted by Gasteiger charge is -2.05. The average molecular weight is 267 g/mol. The smallest absolute Gasteiger partial charge is 0.0638 e. The summed E-state index contributed by atoms with van der Waals surface area (Å²) in [6, 6.07) is 8.47. The normalized spacial score (nSPS) is 10.8. The Morgan fingerprint density at radius 2 is 1.95 bits per heavy atom. The van der Waals surface area contributed by atoms with Gasteiger partial charge in [0.15, 0.2) is 0 Å². The van der Waals surface area contributed by atoms with E-state index in [0.29, 0.717) is 6.04 Å². The number of terminal acetylenes is 1. The highest BCUT2D eigenvalue weighted by Gasteiger charge is 2.06. The van der Waals surface area contributed by atoms with Gasteiger partial charge >= 0.3 is 0 Å². The molecule has 0 unspecified atom stereocenters. The molecule has 0 spiro atoms. The molecule has 0 atom stereocenters. The minimum Gasteiger partial charge on any atom is -0.308 e. The number of nitrogens with one attached hydrogen (secondary N) is 1. The quantitative estimate of drug-likeness (QED) is 0.844. The van der Waals surface area contributed by atoms with Gasteiger partial charge in [0.05, 0.1) is 5.69 Å². The summed E-state index contributed by atoms with van der Waals surface area (Å²) < 4.78 is 2.01. The van der Waals surface area contributed by atoms with Crippen molar-refractivity contribution in [2.75, 3.05) is 0 Å². The number of hydrogen-bond donors (Lipinski definition) is 1. The lowest BCUT2D eigenvalue weighted by atomic mass is 10.1. The van der Waals surface area contributed by atoms with Crippen molar-refractivity contribution in [3.63, 3.8) is 0 Å². The molecule has 2 aromatic rings. The maximum Gasteiger partial charge on any atom is 0.0638 e. The SMILES string of the molecule is C#Cc1ccc(CNCc2cn(C(C)C)nc2C)cc1. The monoisotopic (exact) mass is 267 g/mol. The molecule has 20 heavy (non-hydrogen) atoms. The van der Waals surface area contributed by atoms with E-state index in [1.54, 1.807) is 0 Å². The van der Waals surface area contributed by atoms with Gasteiger partial charge in [-0.25, -0.2) is 0 Å². The third-order valence-electron chi connectivity index (χ3n) is 3.31. The fourth-order valence-electron chi connectivity index (χ4n) is 2.02. The second-order valence-electron chi connectivity index (χ2n) is 5.26. The summed E-state index contributed by atoms with van der Waals surface area (Å²) in [5, 5.41) is 7.96. The first-order valence-electron chi connectivity index (χ1n) is 6.91. The number of aromatic nitrogens is 2. The highest BCUT2D eigenvalue weighted by atomic mass is 15.3. The number of nitrogens with zero attached hydrogens (tertiary/aromatic N) is 2. The summed E-state index contributed by atoms with van der Waals surface area (Å²) in [7, 11) is 0. The molecule has 0 aliphatic rings. The van der Waals surface area contributed by atoms with Crippen molar-refractivity contribution >= 4 is 0 Å². The number of rotatable bonds is 5. The maximum absolute atomic E-state index is 5.34. The Bertz CT molecular complexity index is 600. The van der Waals surface area contributed by atoms with Crippen LogP contribution in [0, 0.1) is 19.3 Å². The summed E-state index contributed by atoms with van der Waals surface area (Å²) in [4.78, 5) is 0. The van der Waals surface area contributed by atoms with Crippen LogP contribution in [0.5, 0.6) is 0 Å². The molecule has 0 aliphatic heterocycles. The predicted molar refractivity (Wildman–Crippen MR) is 82.3 cm³/mol. The summed E-state index contributed by atoms with van der Waals surface area (Å²) in [6.45, 7) is 7.98. The Morgan fingerprint density at radius 1 is 1.25 bits per heavy atom. The van der Waals surface area contributed by atoms with Crippen molar-refractivity contribution in [1.82, 2.24) is 15.1 Å². The van der Waals surface area contributed by atoms with E-state index in [9.17, 15) is 0 Å². The number of aryl methyl sites for hydroxylation is 1. The van der Waals surface area contributed by atoms with Gasteiger partial charge in [0.25, 0.3) is 0 Å². The lowest BCUT2D eigenvalue weighted by Crippen LogP contribution is -2.12. The Balaban J connectivity index is 1.90. The largest absolute Gasteiger partial charge is 0.308 e. The summed E-state index contributed by atoms with van der Waals surface area (Å²) in [5.74, 6) is 2.63. The molecule has 1 aromatic heterocycles. The Kier molecular flexibility index (Phi) is 4.60. The Morgan fingerprint density at radius 3 is 2.50 bits per heavy atom. The van der Waals surface area contributed by atoms with Crippen LogP contribution >= 0.6 is 0 Å². The van der Waals surface area contributed by atoms with Crippen molar-refractivity contribution < 1.29 is 0 Å². The fraction of sp³-hybridized carbons (Fsp3) is 0.353. The van der Waals surface area contributed by atoms with E-state index >= 15 is 0 Å². The van der Waals surface area contributed by atoms with Crippen LogP contribution in [-0.2, 0) is 13.1 Å². The van der Waals surface area contributed by atoms with E-state index < -0.39 is 0 Å². The third-order valence-corrected chi connectivity index (χ3v) is 3.31. The molecule has 3 heteroatoms. The van der Waals surface area contributed by atoms with Crippen LogP contribution in [0.3, 0.4) is 0 Å². The van der Waals surface area contributed by atoms with E-state index in [1.165, 1.54) is 11.1 Å². The van der Waals surface area contributed by atoms with Crippen molar-refractivity contribution in [2.24, 2.45) is 0 Å². The van der Waals surface area contributed by atoms with Crippen molar-refractivity contribution in [1.29, 1.82) is 0 Å². The van der Waals surface area contributed by atoms with Crippen LogP contribution in [-0.4, -0.2) is 9.78 Å². The van der Waals surface area contributed by atoms with Gasteiger partial charge in [0, 0.05) is 36.5 Å². The molecule has 0 aliphatic carbocycles. The topological polar surface area (TPSA) is 29.9 Å². The molecule has 2 rings (SSSR count). The van der Waals surface area contributed by atoms with Crippen LogP contribution < -0.4 is 5.32 Å². The summed E-state index contributed by atoms with van der Waals surface area (Å²) >= 11 is 0. The van der Waals surface area contributed by atoms with E-state index in [4.69, 9.17) is 6.42 Å². The predicted octanol–water partition coefficient (Wildman–Crippen LogP) is 3.04. The first-order chi connectivity index (χ1) is 9.60. The summed E-state index contributed by atoms with van der Waals surface area (Å²) in [6.07, 6.45) is 7.46. The molecule has 0 saturated heterocycles. The molecular formula is C17H21N3. The molecule has 104 valence electrons. The molecular weight excluding hydrogens is 246 g/mol. The molecule has 0 amide bonds. The lowest BCUT2D eigenvalue weighted by molar-refractivity contribution is 0.528. The van der Waals surface area contributed by atoms with Gasteiger partial charge in [-0.1, -0.05) is 18.1 Å². The molecule has 0 fully saturated rings. The zero-order chi connectivity index (χ0) is 14.5. The number of hydrogen-bond acceptors (Lipinski definition) is 2. The average Bonchev–Trinajstić information content (AvgIpc) is 2.81. The molecule has 1 N–H and O–H groups in total. The van der Waals surface area contributed by atoms with Gasteiger partial charge in [-0.15, -0.1) is 6.42 Å². The van der Waals surface area contributed by atoms with Gasteiger partial charge in [-0.2, -0.15) is 5.10 Å². The highest BCUT2D eigenvalue weighted by Crippen LogP contribution is 2.10. The van der Waals surface area contributed by atoms with E-state index in [-0.39, 0.29) is 0 Å². The van der Waals surface area contributed by atoms with Gasteiger partial charge in [-0.05, 0) is 38.5 Å². The molecule has 0 saturated carbocycles. The zero-order valence-corrected chi connectivity index (χ0v) is 12.4. The van der Waals surface area contributed by atoms with Crippen LogP contribution in [0.25, 0.3) is 0 Å². The molecule has 0 radical (unpaired) electrons.